The molecule has 0 fully saturated rings. The van der Waals surface area contributed by atoms with Gasteiger partial charge in [0.2, 0.25) is 5.91 Å². The largest absolute Gasteiger partial charge is 0.375 e. The normalized spacial score (nSPS) is 12.3. The Bertz CT molecular complexity index is 580. The van der Waals surface area contributed by atoms with Crippen LogP contribution in [0.3, 0.4) is 0 Å². The molecule has 1 aromatic rings. The van der Waals surface area contributed by atoms with Crippen LogP contribution in [-0.2, 0) is 10.2 Å². The highest BCUT2D eigenvalue weighted by Crippen LogP contribution is 2.27. The molecule has 1 aromatic carbocycles. The van der Waals surface area contributed by atoms with Crippen LogP contribution in [0, 0.1) is 6.57 Å². The van der Waals surface area contributed by atoms with E-state index in [0.717, 1.165) is 5.69 Å². The number of nitrogens with two attached hydrogens (primary N) is 1. The van der Waals surface area contributed by atoms with Crippen LogP contribution in [0.1, 0.15) is 26.3 Å². The van der Waals surface area contributed by atoms with Crippen molar-refractivity contribution in [3.05, 3.63) is 52.0 Å². The molecular formula is C15H19N3OS. The maximum absolute atomic E-state index is 11.2. The minimum Gasteiger partial charge on any atom is -0.375 e. The lowest BCUT2D eigenvalue weighted by molar-refractivity contribution is -0.114. The quantitative estimate of drug-likeness (QED) is 0.660. The summed E-state index contributed by atoms with van der Waals surface area (Å²) in [5.41, 5.74) is 7.19. The van der Waals surface area contributed by atoms with Gasteiger partial charge in [-0.25, -0.2) is 4.85 Å². The molecule has 0 bridgehead atoms. The van der Waals surface area contributed by atoms with Crippen LogP contribution >= 0.6 is 11.8 Å². The van der Waals surface area contributed by atoms with Crippen LogP contribution < -0.4 is 11.1 Å². The number of carbonyl (C=O) groups is 1. The van der Waals surface area contributed by atoms with Gasteiger partial charge >= 0.3 is 0 Å². The number of nitrogens with one attached hydrogen (secondary N) is 1. The summed E-state index contributed by atoms with van der Waals surface area (Å²) in [7, 11) is 0. The summed E-state index contributed by atoms with van der Waals surface area (Å²) in [5.74, 6) is -0.719. The minimum atomic E-state index is -0.719. The molecule has 0 heterocycles. The summed E-state index contributed by atoms with van der Waals surface area (Å²) in [4.78, 5) is 14.4. The summed E-state index contributed by atoms with van der Waals surface area (Å²) in [5, 5.41) is 3.57. The Morgan fingerprint density at radius 3 is 2.50 bits per heavy atom. The van der Waals surface area contributed by atoms with Crippen molar-refractivity contribution in [2.75, 3.05) is 11.6 Å². The number of benzene rings is 1. The number of hydrogen-bond donors (Lipinski definition) is 2. The summed E-state index contributed by atoms with van der Waals surface area (Å²) < 4.78 is 0. The van der Waals surface area contributed by atoms with E-state index in [0.29, 0.717) is 5.03 Å². The van der Waals surface area contributed by atoms with Crippen LogP contribution in [0.5, 0.6) is 0 Å². The van der Waals surface area contributed by atoms with Gasteiger partial charge in [0.15, 0.2) is 0 Å². The van der Waals surface area contributed by atoms with Gasteiger partial charge in [-0.05, 0) is 29.4 Å². The molecule has 0 aliphatic heterocycles. The Morgan fingerprint density at radius 1 is 1.40 bits per heavy atom. The molecule has 0 unspecified atom stereocenters. The third kappa shape index (κ3) is 4.04. The third-order valence-corrected chi connectivity index (χ3v) is 3.45. The summed E-state index contributed by atoms with van der Waals surface area (Å²) in [6, 6.07) is 7.91. The van der Waals surface area contributed by atoms with E-state index >= 15 is 0 Å². The van der Waals surface area contributed by atoms with Gasteiger partial charge in [0.25, 0.3) is 5.70 Å². The van der Waals surface area contributed by atoms with E-state index in [1.54, 1.807) is 6.26 Å². The van der Waals surface area contributed by atoms with E-state index in [9.17, 15) is 4.79 Å². The number of nitrogens with zero attached hydrogens (tertiary/aromatic N) is 1. The Labute approximate surface area is 124 Å². The van der Waals surface area contributed by atoms with Crippen LogP contribution in [0.15, 0.2) is 35.0 Å². The van der Waals surface area contributed by atoms with Gasteiger partial charge in [-0.1, -0.05) is 32.9 Å². The molecule has 4 nitrogen and oxygen atoms in total. The van der Waals surface area contributed by atoms with Crippen LogP contribution in [-0.4, -0.2) is 12.2 Å². The van der Waals surface area contributed by atoms with Crippen molar-refractivity contribution in [3.8, 4) is 0 Å². The fourth-order valence-corrected chi connectivity index (χ4v) is 2.18. The highest BCUT2D eigenvalue weighted by Gasteiger charge is 2.15. The maximum atomic E-state index is 11.2. The summed E-state index contributed by atoms with van der Waals surface area (Å²) in [6.07, 6.45) is 1.80. The first-order chi connectivity index (χ1) is 9.29. The zero-order valence-corrected chi connectivity index (χ0v) is 13.0. The van der Waals surface area contributed by atoms with E-state index in [2.05, 4.69) is 37.0 Å². The Kier molecular flexibility index (Phi) is 5.23. The molecule has 1 rings (SSSR count). The number of primary amides is 1. The first kappa shape index (κ1) is 16.1. The van der Waals surface area contributed by atoms with Crippen molar-refractivity contribution in [1.29, 1.82) is 0 Å². The van der Waals surface area contributed by atoms with Crippen LogP contribution in [0.4, 0.5) is 5.69 Å². The van der Waals surface area contributed by atoms with Crippen molar-refractivity contribution in [1.82, 2.24) is 0 Å². The topological polar surface area (TPSA) is 59.5 Å². The molecular weight excluding hydrogens is 270 g/mol. The molecule has 5 heteroatoms. The summed E-state index contributed by atoms with van der Waals surface area (Å²) >= 11 is 1.29. The van der Waals surface area contributed by atoms with E-state index in [1.807, 2.05) is 18.2 Å². The molecule has 0 saturated heterocycles. The second-order valence-corrected chi connectivity index (χ2v) is 6.13. The van der Waals surface area contributed by atoms with E-state index in [-0.39, 0.29) is 11.1 Å². The number of carbonyl (C=O) groups excluding carboxylic acids is 1. The molecule has 0 aliphatic rings. The van der Waals surface area contributed by atoms with Crippen molar-refractivity contribution < 1.29 is 4.79 Å². The second kappa shape index (κ2) is 6.49. The van der Waals surface area contributed by atoms with Crippen molar-refractivity contribution >= 4 is 23.4 Å². The van der Waals surface area contributed by atoms with E-state index in [4.69, 9.17) is 12.3 Å². The van der Waals surface area contributed by atoms with Crippen molar-refractivity contribution in [2.45, 2.75) is 26.2 Å². The monoisotopic (exact) mass is 289 g/mol. The first-order valence-electron chi connectivity index (χ1n) is 6.12. The fourth-order valence-electron chi connectivity index (χ4n) is 1.62. The van der Waals surface area contributed by atoms with E-state index < -0.39 is 5.91 Å². The molecule has 0 atom stereocenters. The van der Waals surface area contributed by atoms with Gasteiger partial charge in [-0.15, -0.1) is 11.8 Å². The van der Waals surface area contributed by atoms with Gasteiger partial charge in [0, 0.05) is 5.69 Å². The Morgan fingerprint density at radius 2 is 2.05 bits per heavy atom. The SMILES string of the molecule is [C-]#[N+]/C(C(N)=O)=C(\Nc1cccc(C(C)(C)C)c1)SC. The lowest BCUT2D eigenvalue weighted by atomic mass is 9.87. The average molecular weight is 289 g/mol. The summed E-state index contributed by atoms with van der Waals surface area (Å²) in [6.45, 7) is 13.4. The van der Waals surface area contributed by atoms with Gasteiger partial charge < -0.3 is 11.1 Å². The number of anilines is 1. The average Bonchev–Trinajstić information content (AvgIpc) is 2.37. The smallest absolute Gasteiger partial charge is 0.278 e. The molecule has 106 valence electrons. The predicted molar refractivity (Wildman–Crippen MR) is 85.1 cm³/mol. The maximum Gasteiger partial charge on any atom is 0.278 e. The van der Waals surface area contributed by atoms with Gasteiger partial charge in [-0.3, -0.25) is 4.79 Å². The first-order valence-corrected chi connectivity index (χ1v) is 7.35. The molecule has 20 heavy (non-hydrogen) atoms. The minimum absolute atomic E-state index is 0.0350. The highest BCUT2D eigenvalue weighted by atomic mass is 32.2. The molecule has 0 spiro atoms. The number of thioether (sulfide) groups is 1. The zero-order chi connectivity index (χ0) is 15.3. The second-order valence-electron chi connectivity index (χ2n) is 5.31. The molecule has 3 N–H and O–H groups in total. The Hall–Kier alpha value is -1.93. The zero-order valence-electron chi connectivity index (χ0n) is 12.2. The predicted octanol–water partition coefficient (Wildman–Crippen LogP) is 3.33. The number of amides is 1. The van der Waals surface area contributed by atoms with Gasteiger partial charge in [0.05, 0.1) is 11.6 Å². The molecule has 0 aromatic heterocycles. The molecule has 1 amide bonds. The fraction of sp³-hybridized carbons (Fsp3) is 0.333. The van der Waals surface area contributed by atoms with Gasteiger partial charge in [-0.2, -0.15) is 0 Å². The Balaban J connectivity index is 3.15. The number of hydrogen-bond acceptors (Lipinski definition) is 3. The van der Waals surface area contributed by atoms with Crippen molar-refractivity contribution in [2.24, 2.45) is 5.73 Å². The van der Waals surface area contributed by atoms with Gasteiger partial charge in [0.1, 0.15) is 0 Å². The molecule has 0 aliphatic carbocycles. The lowest BCUT2D eigenvalue weighted by Crippen LogP contribution is -2.16. The highest BCUT2D eigenvalue weighted by molar-refractivity contribution is 8.02. The standard InChI is InChI=1S/C15H19N3OS/c1-15(2,3)10-7-6-8-11(9-10)18-14(20-5)12(17-4)13(16)19/h6-9,18H,1-3,5H3,(H2,16,19)/b14-12+. The molecule has 0 saturated carbocycles. The number of rotatable bonds is 4. The van der Waals surface area contributed by atoms with E-state index in [1.165, 1.54) is 17.3 Å². The molecule has 0 radical (unpaired) electrons. The third-order valence-electron chi connectivity index (χ3n) is 2.75. The van der Waals surface area contributed by atoms with Crippen LogP contribution in [0.2, 0.25) is 0 Å². The van der Waals surface area contributed by atoms with Crippen molar-refractivity contribution in [3.63, 3.8) is 0 Å². The van der Waals surface area contributed by atoms with Crippen LogP contribution in [0.25, 0.3) is 4.85 Å². The lowest BCUT2D eigenvalue weighted by Gasteiger charge is -2.20.